The summed E-state index contributed by atoms with van der Waals surface area (Å²) in [6.45, 7) is 3.40. The van der Waals surface area contributed by atoms with Crippen molar-refractivity contribution in [3.63, 3.8) is 0 Å². The minimum atomic E-state index is 0. The fraction of sp³-hybridized carbons (Fsp3) is 0. The van der Waals surface area contributed by atoms with Crippen molar-refractivity contribution >= 4 is 164 Å². The van der Waals surface area contributed by atoms with Gasteiger partial charge in [0, 0.05) is 0 Å². The fourth-order valence-corrected chi connectivity index (χ4v) is 0.0786. The Labute approximate surface area is 254 Å². The third-order valence-corrected chi connectivity index (χ3v) is 0.352. The number of hydrogen-bond acceptors (Lipinski definition) is 13. The molecule has 0 aromatic rings. The van der Waals surface area contributed by atoms with Crippen LogP contribution in [0.4, 0.5) is 0 Å². The van der Waals surface area contributed by atoms with Gasteiger partial charge in [0.15, 0.2) is 0 Å². The van der Waals surface area contributed by atoms with Crippen LogP contribution in [0.2, 0.25) is 0 Å². The van der Waals surface area contributed by atoms with Gasteiger partial charge in [0.25, 0.3) is 0 Å². The van der Waals surface area contributed by atoms with Gasteiger partial charge in [-0.3, -0.25) is 0 Å². The maximum Gasteiger partial charge on any atom is 2.00 e. The third-order valence-electron chi connectivity index (χ3n) is 0.352. The summed E-state index contributed by atoms with van der Waals surface area (Å²) in [5, 5.41) is 21.0. The van der Waals surface area contributed by atoms with Crippen LogP contribution < -0.4 is 0 Å². The van der Waals surface area contributed by atoms with Crippen LogP contribution >= 0.6 is 0 Å². The summed E-state index contributed by atoms with van der Waals surface area (Å²) in [5.41, 5.74) is 0. The second kappa shape index (κ2) is 82.0. The van der Waals surface area contributed by atoms with E-state index in [0.29, 0.717) is 6.47 Å². The summed E-state index contributed by atoms with van der Waals surface area (Å²) >= 11 is 0. The molecule has 2 aliphatic heterocycles. The SMILES string of the molecule is O.O.O=[C-]O.O=[C-]OO.[CH-]1OOO1.[CH-]1OOO1.[Ca+2].[Ca+2].[Ca+2].[Ca+2].[OH-].[OH-].[OH-]. The average molecular weight is 475 g/mol. The van der Waals surface area contributed by atoms with E-state index < -0.39 is 0 Å². The van der Waals surface area contributed by atoms with E-state index in [2.05, 4.69) is 34.5 Å². The maximum absolute atomic E-state index is 8.58. The Morgan fingerprint density at radius 3 is 0.833 bits per heavy atom. The first-order chi connectivity index (χ1) is 7.33. The van der Waals surface area contributed by atoms with Crippen LogP contribution in [0.25, 0.3) is 0 Å². The molecular formula is C4H11Ca4O16+. The summed E-state index contributed by atoms with van der Waals surface area (Å²) in [5.74, 6) is 0. The molecule has 2 heterocycles. The van der Waals surface area contributed by atoms with Crippen LogP contribution in [0.1, 0.15) is 0 Å². The van der Waals surface area contributed by atoms with Crippen molar-refractivity contribution in [2.24, 2.45) is 0 Å². The Kier molecular flexibility index (Phi) is 242. The van der Waals surface area contributed by atoms with Crippen LogP contribution in [-0.2, 0) is 44.1 Å². The molecule has 20 heteroatoms. The van der Waals surface area contributed by atoms with E-state index in [1.807, 2.05) is 0 Å². The maximum atomic E-state index is 8.58. The van der Waals surface area contributed by atoms with E-state index in [-0.39, 0.29) is 178 Å². The second-order valence-electron chi connectivity index (χ2n) is 0.979. The first-order valence-corrected chi connectivity index (χ1v) is 2.63. The first-order valence-electron chi connectivity index (χ1n) is 2.63. The molecule has 0 aromatic heterocycles. The van der Waals surface area contributed by atoms with Gasteiger partial charge in [-0.1, -0.05) is 6.47 Å². The predicted molar refractivity (Wildman–Crippen MR) is 68.9 cm³/mol. The molecule has 0 radical (unpaired) electrons. The van der Waals surface area contributed by atoms with Crippen molar-refractivity contribution in [3.05, 3.63) is 13.6 Å². The Balaban J connectivity index is -0.00000000932. The molecule has 2 aliphatic rings. The van der Waals surface area contributed by atoms with Crippen LogP contribution in [0.5, 0.6) is 0 Å². The van der Waals surface area contributed by atoms with Crippen LogP contribution in [0.3, 0.4) is 0 Å². The van der Waals surface area contributed by atoms with Crippen molar-refractivity contribution in [2.45, 2.75) is 0 Å². The molecule has 9 N–H and O–H groups in total. The van der Waals surface area contributed by atoms with Gasteiger partial charge < -0.3 is 66.5 Å². The van der Waals surface area contributed by atoms with E-state index in [9.17, 15) is 0 Å². The zero-order chi connectivity index (χ0) is 11.8. The van der Waals surface area contributed by atoms with E-state index in [0.717, 1.165) is 20.1 Å². The van der Waals surface area contributed by atoms with Crippen LogP contribution in [0, 0.1) is 13.6 Å². The van der Waals surface area contributed by atoms with Crippen LogP contribution in [0.15, 0.2) is 0 Å². The smallest absolute Gasteiger partial charge is 0.870 e. The minimum absolute atomic E-state index is 0. The normalized spacial score (nSPS) is 9.38. The molecule has 2 rings (SSSR count). The Bertz CT molecular complexity index is 119. The molecule has 0 spiro atoms. The summed E-state index contributed by atoms with van der Waals surface area (Å²) in [6.07, 6.45) is 0. The summed E-state index contributed by atoms with van der Waals surface area (Å²) in [6, 6.07) is 0. The van der Waals surface area contributed by atoms with Gasteiger partial charge in [-0.2, -0.15) is 0 Å². The molecule has 0 atom stereocenters. The van der Waals surface area contributed by atoms with Crippen molar-refractivity contribution < 1.29 is 81.8 Å². The first kappa shape index (κ1) is 70.9. The second-order valence-corrected chi connectivity index (χ2v) is 0.979. The molecule has 2 saturated heterocycles. The zero-order valence-electron chi connectivity index (χ0n) is 11.9. The van der Waals surface area contributed by atoms with Gasteiger partial charge in [-0.25, -0.2) is 5.26 Å². The molecule has 0 aromatic carbocycles. The monoisotopic (exact) mass is 475 g/mol. The largest absolute Gasteiger partial charge is 2.00 e. The molecule has 130 valence electrons. The molecule has 0 aliphatic carbocycles. The van der Waals surface area contributed by atoms with Crippen LogP contribution in [-0.4, -0.2) is 202 Å². The summed E-state index contributed by atoms with van der Waals surface area (Å²) < 4.78 is 0. The standard InChI is InChI=1S/3CHO3.CHO2.4Ca.5H2O/c2*1-2-4-3-1;2-1-4-3;2-1-3;;;;;;;;;/h2*1H;3H;(H,2,3);;;;;5*1H2/q4*-1;4*+2;;;;;/p-3. The molecule has 0 bridgehead atoms. The quantitative estimate of drug-likeness (QED) is 0.156. The Hall–Kier alpha value is 3.50. The third kappa shape index (κ3) is 98.0. The van der Waals surface area contributed by atoms with Crippen molar-refractivity contribution in [3.8, 4) is 0 Å². The minimum Gasteiger partial charge on any atom is -0.870 e. The number of rotatable bonds is 1. The Morgan fingerprint density at radius 1 is 0.750 bits per heavy atom. The van der Waals surface area contributed by atoms with Gasteiger partial charge in [0.2, 0.25) is 0 Å². The molecule has 24 heavy (non-hydrogen) atoms. The van der Waals surface area contributed by atoms with E-state index in [1.165, 1.54) is 0 Å². The molecule has 16 nitrogen and oxygen atoms in total. The van der Waals surface area contributed by atoms with Crippen molar-refractivity contribution in [1.29, 1.82) is 0 Å². The van der Waals surface area contributed by atoms with E-state index >= 15 is 0 Å². The molecule has 0 unspecified atom stereocenters. The van der Waals surface area contributed by atoms with Gasteiger partial charge in [0.05, 0.1) is 0 Å². The van der Waals surface area contributed by atoms with E-state index in [4.69, 9.17) is 20.0 Å². The number of aliphatic hydroxyl groups excluding tert-OH is 1. The van der Waals surface area contributed by atoms with E-state index in [1.54, 1.807) is 0 Å². The van der Waals surface area contributed by atoms with Gasteiger partial charge in [-0.05, 0) is 20.1 Å². The average Bonchev–Trinajstić information content (AvgIpc) is 1.99. The van der Waals surface area contributed by atoms with Gasteiger partial charge >= 0.3 is 151 Å². The summed E-state index contributed by atoms with van der Waals surface area (Å²) in [7, 11) is 0. The Morgan fingerprint density at radius 2 is 0.833 bits per heavy atom. The van der Waals surface area contributed by atoms with Crippen molar-refractivity contribution in [1.82, 2.24) is 0 Å². The number of hydrogen-bond donors (Lipinski definition) is 2. The molecule has 0 amide bonds. The zero-order valence-corrected chi connectivity index (χ0v) is 20.7. The van der Waals surface area contributed by atoms with Gasteiger partial charge in [-0.15, -0.1) is 10.1 Å². The summed E-state index contributed by atoms with van der Waals surface area (Å²) in [4.78, 5) is 35.0. The molecule has 2 fully saturated rings. The fourth-order valence-electron chi connectivity index (χ4n) is 0.0786. The molecule has 0 saturated carbocycles. The van der Waals surface area contributed by atoms with Crippen molar-refractivity contribution in [2.75, 3.05) is 0 Å². The predicted octanol–water partition coefficient (Wildman–Crippen LogP) is -4.55. The molecular weight excluding hydrogens is 464 g/mol. The van der Waals surface area contributed by atoms with Gasteiger partial charge in [0.1, 0.15) is 0 Å². The number of carbonyl (C=O) groups excluding carboxylic acids is 1. The topological polar surface area (TPSA) is 292 Å².